The van der Waals surface area contributed by atoms with E-state index in [2.05, 4.69) is 79.6 Å². The Hall–Kier alpha value is -0.350. The third-order valence-corrected chi connectivity index (χ3v) is 5.96. The summed E-state index contributed by atoms with van der Waals surface area (Å²) in [6.07, 6.45) is 1.92. The van der Waals surface area contributed by atoms with Crippen molar-refractivity contribution in [3.05, 3.63) is 16.4 Å². The molecule has 0 amide bonds. The number of aromatic nitrogens is 2. The highest BCUT2D eigenvalue weighted by Gasteiger charge is 2.67. The van der Waals surface area contributed by atoms with Crippen LogP contribution in [0.5, 0.6) is 0 Å². The zero-order chi connectivity index (χ0) is 14.6. The monoisotopic (exact) mass is 327 g/mol. The van der Waals surface area contributed by atoms with Crippen molar-refractivity contribution in [3.8, 4) is 0 Å². The Bertz CT molecular complexity index is 460. The van der Waals surface area contributed by atoms with Crippen LogP contribution in [0.4, 0.5) is 0 Å². The van der Waals surface area contributed by atoms with E-state index < -0.39 is 0 Å². The minimum Gasteiger partial charge on any atom is -0.311 e. The molecule has 2 rings (SSSR count). The van der Waals surface area contributed by atoms with Gasteiger partial charge in [-0.25, -0.2) is 0 Å². The maximum Gasteiger partial charge on any atom is 0.0701 e. The normalized spacial score (nSPS) is 22.8. The van der Waals surface area contributed by atoms with Crippen molar-refractivity contribution < 1.29 is 0 Å². The molecule has 19 heavy (non-hydrogen) atoms. The molecular formula is C15H26BrN3. The van der Waals surface area contributed by atoms with Crippen molar-refractivity contribution in [2.75, 3.05) is 7.05 Å². The molecule has 0 spiro atoms. The standard InChI is InChI=1S/C15H26BrN3/c1-9(2)19-12(10(16)8-18-19)11(17-7)13-14(3,4)15(13,5)6/h8-9,11,13,17H,1-7H3. The van der Waals surface area contributed by atoms with E-state index in [1.807, 2.05) is 6.20 Å². The maximum atomic E-state index is 4.52. The van der Waals surface area contributed by atoms with Crippen LogP contribution in [-0.4, -0.2) is 16.8 Å². The van der Waals surface area contributed by atoms with Crippen LogP contribution in [-0.2, 0) is 0 Å². The summed E-state index contributed by atoms with van der Waals surface area (Å²) in [5, 5.41) is 8.04. The molecule has 1 aromatic rings. The Morgan fingerprint density at radius 1 is 1.26 bits per heavy atom. The number of hydrogen-bond donors (Lipinski definition) is 1. The van der Waals surface area contributed by atoms with Crippen LogP contribution in [0.25, 0.3) is 0 Å². The third-order valence-electron chi connectivity index (χ3n) is 5.35. The van der Waals surface area contributed by atoms with Gasteiger partial charge >= 0.3 is 0 Å². The summed E-state index contributed by atoms with van der Waals surface area (Å²) in [7, 11) is 2.05. The topological polar surface area (TPSA) is 29.9 Å². The lowest BCUT2D eigenvalue weighted by molar-refractivity contribution is 0.388. The molecule has 1 saturated carbocycles. The molecule has 3 nitrogen and oxygen atoms in total. The molecule has 1 fully saturated rings. The van der Waals surface area contributed by atoms with Crippen molar-refractivity contribution >= 4 is 15.9 Å². The second-order valence-corrected chi connectivity index (χ2v) is 7.96. The van der Waals surface area contributed by atoms with Gasteiger partial charge in [0.05, 0.1) is 22.4 Å². The summed E-state index contributed by atoms with van der Waals surface area (Å²) in [5.74, 6) is 0.621. The van der Waals surface area contributed by atoms with Gasteiger partial charge in [0, 0.05) is 6.04 Å². The van der Waals surface area contributed by atoms with E-state index in [0.717, 1.165) is 4.47 Å². The van der Waals surface area contributed by atoms with Gasteiger partial charge in [-0.1, -0.05) is 27.7 Å². The number of rotatable bonds is 4. The van der Waals surface area contributed by atoms with E-state index in [1.54, 1.807) is 0 Å². The van der Waals surface area contributed by atoms with Gasteiger partial charge in [-0.15, -0.1) is 0 Å². The summed E-state index contributed by atoms with van der Waals surface area (Å²) < 4.78 is 3.24. The lowest BCUT2D eigenvalue weighted by Crippen LogP contribution is -2.25. The molecule has 1 N–H and O–H groups in total. The molecule has 0 aliphatic heterocycles. The van der Waals surface area contributed by atoms with Crippen molar-refractivity contribution in [3.63, 3.8) is 0 Å². The first-order valence-corrected chi connectivity index (χ1v) is 7.85. The number of nitrogens with zero attached hydrogens (tertiary/aromatic N) is 2. The van der Waals surface area contributed by atoms with Gasteiger partial charge in [0.1, 0.15) is 0 Å². The Balaban J connectivity index is 2.43. The molecule has 1 unspecified atom stereocenters. The molecule has 0 saturated heterocycles. The van der Waals surface area contributed by atoms with Crippen molar-refractivity contribution in [1.82, 2.24) is 15.1 Å². The zero-order valence-electron chi connectivity index (χ0n) is 13.1. The average Bonchev–Trinajstić information content (AvgIpc) is 2.62. The van der Waals surface area contributed by atoms with Crippen LogP contribution in [0.15, 0.2) is 10.7 Å². The predicted molar refractivity (Wildman–Crippen MR) is 83.2 cm³/mol. The highest BCUT2D eigenvalue weighted by atomic mass is 79.9. The molecule has 1 aliphatic carbocycles. The molecule has 0 aromatic carbocycles. The molecule has 1 aromatic heterocycles. The fourth-order valence-corrected chi connectivity index (χ4v) is 4.12. The second-order valence-electron chi connectivity index (χ2n) is 7.10. The molecule has 1 heterocycles. The SMILES string of the molecule is CNC(c1c(Br)cnn1C(C)C)C1C(C)(C)C1(C)C. The van der Waals surface area contributed by atoms with Crippen LogP contribution in [0.2, 0.25) is 0 Å². The first kappa shape index (κ1) is 15.0. The van der Waals surface area contributed by atoms with Crippen LogP contribution < -0.4 is 5.32 Å². The van der Waals surface area contributed by atoms with E-state index in [1.165, 1.54) is 5.69 Å². The van der Waals surface area contributed by atoms with Crippen molar-refractivity contribution in [2.24, 2.45) is 16.7 Å². The molecular weight excluding hydrogens is 302 g/mol. The fraction of sp³-hybridized carbons (Fsp3) is 0.800. The van der Waals surface area contributed by atoms with Crippen LogP contribution >= 0.6 is 15.9 Å². The van der Waals surface area contributed by atoms with Gasteiger partial charge in [-0.3, -0.25) is 4.68 Å². The lowest BCUT2D eigenvalue weighted by Gasteiger charge is -2.22. The van der Waals surface area contributed by atoms with Gasteiger partial charge in [-0.05, 0) is 53.6 Å². The van der Waals surface area contributed by atoms with Crippen molar-refractivity contribution in [2.45, 2.75) is 53.6 Å². The Labute approximate surface area is 125 Å². The number of hydrogen-bond acceptors (Lipinski definition) is 2. The Morgan fingerprint density at radius 3 is 2.16 bits per heavy atom. The van der Waals surface area contributed by atoms with Gasteiger partial charge in [-0.2, -0.15) is 5.10 Å². The molecule has 1 atom stereocenters. The summed E-state index contributed by atoms with van der Waals surface area (Å²) in [6, 6.07) is 0.714. The summed E-state index contributed by atoms with van der Waals surface area (Å²) in [4.78, 5) is 0. The molecule has 1 aliphatic rings. The largest absolute Gasteiger partial charge is 0.311 e. The summed E-state index contributed by atoms with van der Waals surface area (Å²) >= 11 is 3.67. The van der Waals surface area contributed by atoms with E-state index in [4.69, 9.17) is 0 Å². The van der Waals surface area contributed by atoms with Gasteiger partial charge in [0.25, 0.3) is 0 Å². The van der Waals surface area contributed by atoms with Crippen molar-refractivity contribution in [1.29, 1.82) is 0 Å². The molecule has 0 radical (unpaired) electrons. The predicted octanol–water partition coefficient (Wildman–Crippen LogP) is 4.17. The average molecular weight is 328 g/mol. The van der Waals surface area contributed by atoms with Crippen LogP contribution in [0, 0.1) is 16.7 Å². The minimum absolute atomic E-state index is 0.337. The van der Waals surface area contributed by atoms with Gasteiger partial charge in [0.15, 0.2) is 0 Å². The maximum absolute atomic E-state index is 4.52. The highest BCUT2D eigenvalue weighted by molar-refractivity contribution is 9.10. The minimum atomic E-state index is 0.337. The molecule has 4 heteroatoms. The molecule has 0 bridgehead atoms. The summed E-state index contributed by atoms with van der Waals surface area (Å²) in [5.41, 5.74) is 1.99. The molecule has 108 valence electrons. The second kappa shape index (κ2) is 4.59. The quantitative estimate of drug-likeness (QED) is 0.899. The van der Waals surface area contributed by atoms with E-state index in [-0.39, 0.29) is 0 Å². The van der Waals surface area contributed by atoms with Gasteiger partial charge < -0.3 is 5.32 Å². The fourth-order valence-electron chi connectivity index (χ4n) is 3.60. The smallest absolute Gasteiger partial charge is 0.0701 e. The van der Waals surface area contributed by atoms with E-state index in [9.17, 15) is 0 Å². The number of nitrogens with one attached hydrogen (secondary N) is 1. The zero-order valence-corrected chi connectivity index (χ0v) is 14.7. The third kappa shape index (κ3) is 2.07. The Morgan fingerprint density at radius 2 is 1.79 bits per heavy atom. The van der Waals surface area contributed by atoms with Crippen LogP contribution in [0.3, 0.4) is 0 Å². The first-order valence-electron chi connectivity index (χ1n) is 7.06. The first-order chi connectivity index (χ1) is 8.66. The summed E-state index contributed by atoms with van der Waals surface area (Å²) in [6.45, 7) is 13.8. The van der Waals surface area contributed by atoms with E-state index in [0.29, 0.717) is 28.8 Å². The van der Waals surface area contributed by atoms with Gasteiger partial charge in [0.2, 0.25) is 0 Å². The highest BCUT2D eigenvalue weighted by Crippen LogP contribution is 2.72. The number of halogens is 1. The lowest BCUT2D eigenvalue weighted by atomic mass is 10.0. The Kier molecular flexibility index (Phi) is 3.63. The van der Waals surface area contributed by atoms with E-state index >= 15 is 0 Å². The van der Waals surface area contributed by atoms with Crippen LogP contribution in [0.1, 0.15) is 59.3 Å².